The Morgan fingerprint density at radius 2 is 2.16 bits per heavy atom. The Bertz CT molecular complexity index is 786. The van der Waals surface area contributed by atoms with E-state index >= 15 is 0 Å². The number of halogens is 1. The van der Waals surface area contributed by atoms with Crippen LogP contribution < -0.4 is 5.32 Å². The fourth-order valence-electron chi connectivity index (χ4n) is 2.43. The average Bonchev–Trinajstić information content (AvgIpc) is 3.29. The maximum atomic E-state index is 13.8. The van der Waals surface area contributed by atoms with Crippen molar-refractivity contribution in [1.82, 2.24) is 10.1 Å². The van der Waals surface area contributed by atoms with E-state index < -0.39 is 18.2 Å². The highest BCUT2D eigenvalue weighted by atomic mass is 19.1. The number of anilines is 1. The molecule has 0 unspecified atom stereocenters. The molecule has 0 saturated heterocycles. The van der Waals surface area contributed by atoms with Gasteiger partial charge in [0.25, 0.3) is 0 Å². The lowest BCUT2D eigenvalue weighted by Crippen LogP contribution is -2.12. The molecule has 1 saturated carbocycles. The molecule has 1 heterocycles. The van der Waals surface area contributed by atoms with Gasteiger partial charge in [0.15, 0.2) is 5.82 Å². The van der Waals surface area contributed by atoms with Crippen LogP contribution in [0.3, 0.4) is 0 Å². The molecular weight excluding hydrogens is 329 g/mol. The number of aromatic nitrogens is 2. The van der Waals surface area contributed by atoms with E-state index in [0.29, 0.717) is 30.3 Å². The largest absolute Gasteiger partial charge is 0.481 e. The van der Waals surface area contributed by atoms with Crippen molar-refractivity contribution in [2.24, 2.45) is 0 Å². The second kappa shape index (κ2) is 7.42. The fourth-order valence-corrected chi connectivity index (χ4v) is 2.43. The van der Waals surface area contributed by atoms with Gasteiger partial charge in [0.05, 0.1) is 6.42 Å². The van der Waals surface area contributed by atoms with E-state index in [1.54, 1.807) is 0 Å². The predicted molar refractivity (Wildman–Crippen MR) is 85.6 cm³/mol. The van der Waals surface area contributed by atoms with Crippen molar-refractivity contribution in [2.75, 3.05) is 5.32 Å². The molecule has 1 aromatic carbocycles. The van der Waals surface area contributed by atoms with Crippen molar-refractivity contribution in [2.45, 2.75) is 44.4 Å². The number of aryl methyl sites for hydroxylation is 1. The number of aliphatic carboxylic acids is 1. The van der Waals surface area contributed by atoms with Gasteiger partial charge < -0.3 is 14.9 Å². The first-order valence-electron chi connectivity index (χ1n) is 8.14. The van der Waals surface area contributed by atoms with Crippen LogP contribution in [-0.2, 0) is 22.4 Å². The molecule has 1 amide bonds. The van der Waals surface area contributed by atoms with Crippen molar-refractivity contribution in [3.05, 3.63) is 41.3 Å². The fraction of sp³-hybridized carbons (Fsp3) is 0.412. The Labute approximate surface area is 143 Å². The zero-order valence-electron chi connectivity index (χ0n) is 13.5. The van der Waals surface area contributed by atoms with Gasteiger partial charge in [-0.25, -0.2) is 4.39 Å². The van der Waals surface area contributed by atoms with Gasteiger partial charge in [0, 0.05) is 24.4 Å². The molecule has 0 radical (unpaired) electrons. The Morgan fingerprint density at radius 1 is 1.36 bits per heavy atom. The van der Waals surface area contributed by atoms with E-state index in [-0.39, 0.29) is 17.9 Å². The lowest BCUT2D eigenvalue weighted by Gasteiger charge is -2.07. The van der Waals surface area contributed by atoms with E-state index in [0.717, 1.165) is 24.7 Å². The van der Waals surface area contributed by atoms with Crippen LogP contribution in [0, 0.1) is 5.82 Å². The number of nitrogens with one attached hydrogen (secondary N) is 1. The first kappa shape index (κ1) is 17.1. The summed E-state index contributed by atoms with van der Waals surface area (Å²) in [7, 11) is 0. The lowest BCUT2D eigenvalue weighted by atomic mass is 10.1. The normalized spacial score (nSPS) is 13.6. The highest BCUT2D eigenvalue weighted by molar-refractivity contribution is 5.90. The molecule has 1 aliphatic carbocycles. The quantitative estimate of drug-likeness (QED) is 0.760. The maximum Gasteiger partial charge on any atom is 0.307 e. The number of carbonyl (C=O) groups is 2. The zero-order valence-corrected chi connectivity index (χ0v) is 13.5. The van der Waals surface area contributed by atoms with E-state index in [1.807, 2.05) is 0 Å². The third-order valence-corrected chi connectivity index (χ3v) is 3.90. The molecule has 0 atom stereocenters. The third kappa shape index (κ3) is 4.85. The number of hydrogen-bond donors (Lipinski definition) is 2. The molecule has 25 heavy (non-hydrogen) atoms. The number of hydrogen-bond acceptors (Lipinski definition) is 5. The second-order valence-corrected chi connectivity index (χ2v) is 6.10. The SMILES string of the molecule is O=C(O)Cc1ccc(NC(=O)CCCc2nc(C3CC3)no2)cc1F. The zero-order chi connectivity index (χ0) is 17.8. The summed E-state index contributed by atoms with van der Waals surface area (Å²) in [6.07, 6.45) is 3.09. The molecule has 1 aromatic heterocycles. The molecule has 7 nitrogen and oxygen atoms in total. The average molecular weight is 347 g/mol. The monoisotopic (exact) mass is 347 g/mol. The number of nitrogens with zero attached hydrogens (tertiary/aromatic N) is 2. The summed E-state index contributed by atoms with van der Waals surface area (Å²) in [5.74, 6) is -0.317. The maximum absolute atomic E-state index is 13.8. The third-order valence-electron chi connectivity index (χ3n) is 3.90. The number of benzene rings is 1. The summed E-state index contributed by atoms with van der Waals surface area (Å²) < 4.78 is 18.9. The predicted octanol–water partition coefficient (Wildman–Crippen LogP) is 2.67. The topological polar surface area (TPSA) is 105 Å². The molecule has 0 spiro atoms. The van der Waals surface area contributed by atoms with Crippen molar-refractivity contribution >= 4 is 17.6 Å². The Morgan fingerprint density at radius 3 is 2.84 bits per heavy atom. The number of carboxylic acids is 1. The number of amides is 1. The first-order chi connectivity index (χ1) is 12.0. The van der Waals surface area contributed by atoms with Crippen LogP contribution in [0.15, 0.2) is 22.7 Å². The summed E-state index contributed by atoms with van der Waals surface area (Å²) in [6.45, 7) is 0. The van der Waals surface area contributed by atoms with E-state index in [9.17, 15) is 14.0 Å². The Balaban J connectivity index is 1.45. The van der Waals surface area contributed by atoms with Crippen LogP contribution in [0.1, 0.15) is 48.9 Å². The summed E-state index contributed by atoms with van der Waals surface area (Å²) in [5, 5.41) is 15.2. The summed E-state index contributed by atoms with van der Waals surface area (Å²) in [5.41, 5.74) is 0.374. The smallest absolute Gasteiger partial charge is 0.307 e. The van der Waals surface area contributed by atoms with Crippen LogP contribution in [0.25, 0.3) is 0 Å². The second-order valence-electron chi connectivity index (χ2n) is 6.10. The molecule has 2 N–H and O–H groups in total. The minimum absolute atomic E-state index is 0.0772. The van der Waals surface area contributed by atoms with Gasteiger partial charge in [0.1, 0.15) is 5.82 Å². The highest BCUT2D eigenvalue weighted by Gasteiger charge is 2.28. The molecular formula is C17H18FN3O4. The van der Waals surface area contributed by atoms with E-state index in [1.165, 1.54) is 12.1 Å². The van der Waals surface area contributed by atoms with Crippen molar-refractivity contribution < 1.29 is 23.6 Å². The van der Waals surface area contributed by atoms with Crippen LogP contribution in [0.4, 0.5) is 10.1 Å². The van der Waals surface area contributed by atoms with E-state index in [4.69, 9.17) is 9.63 Å². The van der Waals surface area contributed by atoms with Gasteiger partial charge in [-0.2, -0.15) is 4.98 Å². The Hall–Kier alpha value is -2.77. The van der Waals surface area contributed by atoms with Crippen LogP contribution >= 0.6 is 0 Å². The minimum Gasteiger partial charge on any atom is -0.481 e. The van der Waals surface area contributed by atoms with Crippen LogP contribution in [-0.4, -0.2) is 27.1 Å². The molecule has 2 aromatic rings. The molecule has 132 valence electrons. The van der Waals surface area contributed by atoms with Gasteiger partial charge in [-0.05, 0) is 37.0 Å². The van der Waals surface area contributed by atoms with Crippen molar-refractivity contribution in [3.8, 4) is 0 Å². The number of carbonyl (C=O) groups excluding carboxylic acids is 1. The number of rotatable bonds is 8. The molecule has 3 rings (SSSR count). The van der Waals surface area contributed by atoms with Gasteiger partial charge >= 0.3 is 5.97 Å². The van der Waals surface area contributed by atoms with Gasteiger partial charge in [-0.15, -0.1) is 0 Å². The number of carboxylic acid groups (broad SMARTS) is 1. The van der Waals surface area contributed by atoms with Crippen LogP contribution in [0.5, 0.6) is 0 Å². The van der Waals surface area contributed by atoms with Crippen molar-refractivity contribution in [1.29, 1.82) is 0 Å². The van der Waals surface area contributed by atoms with Gasteiger partial charge in [-0.3, -0.25) is 9.59 Å². The summed E-state index contributed by atoms with van der Waals surface area (Å²) in [6, 6.07) is 3.96. The standard InChI is InChI=1S/C17H18FN3O4/c18-13-9-12(7-6-11(13)8-16(23)24)19-14(22)2-1-3-15-20-17(21-25-15)10-4-5-10/h6-7,9-10H,1-5,8H2,(H,19,22)(H,23,24). The minimum atomic E-state index is -1.11. The summed E-state index contributed by atoms with van der Waals surface area (Å²) >= 11 is 0. The molecule has 0 bridgehead atoms. The molecule has 1 fully saturated rings. The van der Waals surface area contributed by atoms with Gasteiger partial charge in [0.2, 0.25) is 11.8 Å². The summed E-state index contributed by atoms with van der Waals surface area (Å²) in [4.78, 5) is 26.8. The molecule has 0 aliphatic heterocycles. The molecule has 1 aliphatic rings. The Kier molecular flexibility index (Phi) is 5.06. The lowest BCUT2D eigenvalue weighted by molar-refractivity contribution is -0.136. The highest BCUT2D eigenvalue weighted by Crippen LogP contribution is 2.38. The van der Waals surface area contributed by atoms with Gasteiger partial charge in [-0.1, -0.05) is 11.2 Å². The first-order valence-corrected chi connectivity index (χ1v) is 8.14. The van der Waals surface area contributed by atoms with Crippen molar-refractivity contribution in [3.63, 3.8) is 0 Å². The van der Waals surface area contributed by atoms with Crippen LogP contribution in [0.2, 0.25) is 0 Å². The molecule has 8 heteroatoms. The van der Waals surface area contributed by atoms with E-state index in [2.05, 4.69) is 15.5 Å².